The summed E-state index contributed by atoms with van der Waals surface area (Å²) in [4.78, 5) is 15.7. The Balaban J connectivity index is 2.52. The number of unbranched alkanes of at least 4 members (excludes halogenated alkanes) is 1. The molecule has 0 saturated carbocycles. The van der Waals surface area contributed by atoms with Gasteiger partial charge in [0, 0.05) is 18.1 Å². The first-order chi connectivity index (χ1) is 7.79. The minimum atomic E-state index is -0.139. The van der Waals surface area contributed by atoms with E-state index in [4.69, 9.17) is 4.74 Å². The van der Waals surface area contributed by atoms with Gasteiger partial charge in [-0.3, -0.25) is 4.79 Å². The molecule has 0 spiro atoms. The topological polar surface area (TPSA) is 51.2 Å². The van der Waals surface area contributed by atoms with Gasteiger partial charge in [-0.05, 0) is 25.0 Å². The van der Waals surface area contributed by atoms with E-state index in [9.17, 15) is 4.79 Å². The Hall–Kier alpha value is -1.10. The highest BCUT2D eigenvalue weighted by Gasteiger charge is 2.11. The number of aromatic nitrogens is 1. The Kier molecular flexibility index (Phi) is 5.85. The third kappa shape index (κ3) is 3.81. The van der Waals surface area contributed by atoms with E-state index in [-0.39, 0.29) is 5.91 Å². The SMILES string of the molecule is COc1ncccc1C(=O)NCCCCBr. The molecule has 0 fully saturated rings. The van der Waals surface area contributed by atoms with Gasteiger partial charge < -0.3 is 10.1 Å². The van der Waals surface area contributed by atoms with Gasteiger partial charge in [0.2, 0.25) is 5.88 Å². The molecule has 0 atom stereocenters. The summed E-state index contributed by atoms with van der Waals surface area (Å²) in [5, 5.41) is 3.79. The van der Waals surface area contributed by atoms with Gasteiger partial charge >= 0.3 is 0 Å². The van der Waals surface area contributed by atoms with Crippen LogP contribution in [0.5, 0.6) is 5.88 Å². The predicted octanol–water partition coefficient (Wildman–Crippen LogP) is 2.00. The molecule has 0 radical (unpaired) electrons. The van der Waals surface area contributed by atoms with Crippen LogP contribution in [0.15, 0.2) is 18.3 Å². The van der Waals surface area contributed by atoms with Crippen molar-refractivity contribution in [1.29, 1.82) is 0 Å². The standard InChI is InChI=1S/C11H15BrN2O2/c1-16-11-9(5-4-8-14-11)10(15)13-7-3-2-6-12/h4-5,8H,2-3,6-7H2,1H3,(H,13,15). The summed E-state index contributed by atoms with van der Waals surface area (Å²) < 4.78 is 5.01. The average Bonchev–Trinajstić information content (AvgIpc) is 2.34. The summed E-state index contributed by atoms with van der Waals surface area (Å²) in [6.45, 7) is 0.669. The Morgan fingerprint density at radius 1 is 1.56 bits per heavy atom. The smallest absolute Gasteiger partial charge is 0.256 e. The molecule has 1 aromatic heterocycles. The maximum Gasteiger partial charge on any atom is 0.256 e. The van der Waals surface area contributed by atoms with E-state index in [2.05, 4.69) is 26.2 Å². The lowest BCUT2D eigenvalue weighted by Crippen LogP contribution is -2.25. The van der Waals surface area contributed by atoms with Crippen LogP contribution >= 0.6 is 15.9 Å². The molecule has 0 saturated heterocycles. The number of carbonyl (C=O) groups is 1. The second-order valence-corrected chi connectivity index (χ2v) is 4.01. The number of amides is 1. The molecule has 0 aliphatic heterocycles. The first-order valence-electron chi connectivity index (χ1n) is 5.12. The molecule has 0 unspecified atom stereocenters. The van der Waals surface area contributed by atoms with E-state index >= 15 is 0 Å². The minimum absolute atomic E-state index is 0.139. The fourth-order valence-corrected chi connectivity index (χ4v) is 1.64. The molecule has 0 aliphatic carbocycles. The van der Waals surface area contributed by atoms with Crippen molar-refractivity contribution in [1.82, 2.24) is 10.3 Å². The third-order valence-corrected chi connectivity index (χ3v) is 2.62. The lowest BCUT2D eigenvalue weighted by atomic mass is 10.2. The number of nitrogens with one attached hydrogen (secondary N) is 1. The van der Waals surface area contributed by atoms with Crippen LogP contribution in [0, 0.1) is 0 Å². The van der Waals surface area contributed by atoms with Crippen LogP contribution in [-0.2, 0) is 0 Å². The molecule has 5 heteroatoms. The average molecular weight is 287 g/mol. The lowest BCUT2D eigenvalue weighted by Gasteiger charge is -2.07. The first-order valence-corrected chi connectivity index (χ1v) is 6.25. The summed E-state index contributed by atoms with van der Waals surface area (Å²) in [5.41, 5.74) is 0.476. The zero-order valence-electron chi connectivity index (χ0n) is 9.20. The lowest BCUT2D eigenvalue weighted by molar-refractivity contribution is 0.0949. The Labute approximate surface area is 104 Å². The fourth-order valence-electron chi connectivity index (χ4n) is 1.24. The van der Waals surface area contributed by atoms with Crippen LogP contribution < -0.4 is 10.1 Å². The Morgan fingerprint density at radius 2 is 2.38 bits per heavy atom. The van der Waals surface area contributed by atoms with Crippen molar-refractivity contribution in [3.8, 4) is 5.88 Å². The fraction of sp³-hybridized carbons (Fsp3) is 0.455. The second-order valence-electron chi connectivity index (χ2n) is 3.21. The third-order valence-electron chi connectivity index (χ3n) is 2.06. The molecule has 0 aromatic carbocycles. The number of pyridine rings is 1. The van der Waals surface area contributed by atoms with Gasteiger partial charge in [0.25, 0.3) is 5.91 Å². The van der Waals surface area contributed by atoms with Crippen LogP contribution in [0.25, 0.3) is 0 Å². The quantitative estimate of drug-likeness (QED) is 0.643. The number of hydrogen-bond donors (Lipinski definition) is 1. The highest BCUT2D eigenvalue weighted by atomic mass is 79.9. The molecule has 0 aliphatic rings. The molecular weight excluding hydrogens is 272 g/mol. The molecule has 1 rings (SSSR count). The van der Waals surface area contributed by atoms with E-state index in [1.165, 1.54) is 7.11 Å². The number of nitrogens with zero attached hydrogens (tertiary/aromatic N) is 1. The molecule has 88 valence electrons. The molecule has 4 nitrogen and oxygen atoms in total. The van der Waals surface area contributed by atoms with E-state index in [1.807, 2.05) is 0 Å². The molecule has 1 aromatic rings. The summed E-state index contributed by atoms with van der Waals surface area (Å²) in [5.74, 6) is 0.222. The number of methoxy groups -OCH3 is 1. The summed E-state index contributed by atoms with van der Waals surface area (Å²) in [6.07, 6.45) is 3.60. The molecule has 1 amide bonds. The normalized spacial score (nSPS) is 9.88. The Bertz CT molecular complexity index is 345. The molecular formula is C11H15BrN2O2. The molecule has 16 heavy (non-hydrogen) atoms. The minimum Gasteiger partial charge on any atom is -0.480 e. The van der Waals surface area contributed by atoms with Crippen molar-refractivity contribution in [2.75, 3.05) is 19.0 Å². The largest absolute Gasteiger partial charge is 0.480 e. The number of halogens is 1. The maximum atomic E-state index is 11.7. The van der Waals surface area contributed by atoms with Crippen LogP contribution in [0.1, 0.15) is 23.2 Å². The molecule has 1 heterocycles. The van der Waals surface area contributed by atoms with Crippen LogP contribution in [0.3, 0.4) is 0 Å². The van der Waals surface area contributed by atoms with E-state index in [0.717, 1.165) is 18.2 Å². The number of carbonyl (C=O) groups excluding carboxylic acids is 1. The number of alkyl halides is 1. The van der Waals surface area contributed by atoms with Gasteiger partial charge in [-0.1, -0.05) is 15.9 Å². The Morgan fingerprint density at radius 3 is 3.06 bits per heavy atom. The van der Waals surface area contributed by atoms with Crippen LogP contribution in [0.4, 0.5) is 0 Å². The van der Waals surface area contributed by atoms with Crippen LogP contribution in [-0.4, -0.2) is 29.9 Å². The van der Waals surface area contributed by atoms with Crippen molar-refractivity contribution < 1.29 is 9.53 Å². The highest BCUT2D eigenvalue weighted by molar-refractivity contribution is 9.09. The van der Waals surface area contributed by atoms with Crippen molar-refractivity contribution in [2.45, 2.75) is 12.8 Å². The number of hydrogen-bond acceptors (Lipinski definition) is 3. The van der Waals surface area contributed by atoms with Crippen LogP contribution in [0.2, 0.25) is 0 Å². The van der Waals surface area contributed by atoms with Gasteiger partial charge in [-0.2, -0.15) is 0 Å². The monoisotopic (exact) mass is 286 g/mol. The van der Waals surface area contributed by atoms with Gasteiger partial charge in [0.15, 0.2) is 0 Å². The van der Waals surface area contributed by atoms with Crippen molar-refractivity contribution in [3.63, 3.8) is 0 Å². The molecule has 0 bridgehead atoms. The first kappa shape index (κ1) is 13.0. The number of rotatable bonds is 6. The van der Waals surface area contributed by atoms with Crippen molar-refractivity contribution in [3.05, 3.63) is 23.9 Å². The zero-order chi connectivity index (χ0) is 11.8. The van der Waals surface area contributed by atoms with Gasteiger partial charge in [-0.15, -0.1) is 0 Å². The summed E-state index contributed by atoms with van der Waals surface area (Å²) in [7, 11) is 1.50. The predicted molar refractivity (Wildman–Crippen MR) is 66.2 cm³/mol. The van der Waals surface area contributed by atoms with Gasteiger partial charge in [-0.25, -0.2) is 4.98 Å². The highest BCUT2D eigenvalue weighted by Crippen LogP contribution is 2.12. The summed E-state index contributed by atoms with van der Waals surface area (Å²) in [6, 6.07) is 3.42. The summed E-state index contributed by atoms with van der Waals surface area (Å²) >= 11 is 3.34. The van der Waals surface area contributed by atoms with E-state index in [1.54, 1.807) is 18.3 Å². The maximum absolute atomic E-state index is 11.7. The van der Waals surface area contributed by atoms with Gasteiger partial charge in [0.05, 0.1) is 7.11 Å². The van der Waals surface area contributed by atoms with E-state index < -0.39 is 0 Å². The zero-order valence-corrected chi connectivity index (χ0v) is 10.8. The number of ether oxygens (including phenoxy) is 1. The van der Waals surface area contributed by atoms with Crippen molar-refractivity contribution in [2.24, 2.45) is 0 Å². The van der Waals surface area contributed by atoms with Gasteiger partial charge in [0.1, 0.15) is 5.56 Å². The molecule has 1 N–H and O–H groups in total. The van der Waals surface area contributed by atoms with E-state index in [0.29, 0.717) is 18.0 Å². The van der Waals surface area contributed by atoms with Crippen molar-refractivity contribution >= 4 is 21.8 Å². The second kappa shape index (κ2) is 7.22.